The van der Waals surface area contributed by atoms with Gasteiger partial charge in [-0.1, -0.05) is 158 Å². The summed E-state index contributed by atoms with van der Waals surface area (Å²) in [6.45, 7) is 0. The van der Waals surface area contributed by atoms with Crippen molar-refractivity contribution < 1.29 is 9.90 Å². The van der Waals surface area contributed by atoms with Crippen LogP contribution in [0.25, 0.3) is 82.8 Å². The van der Waals surface area contributed by atoms with E-state index in [1.165, 1.54) is 10.8 Å². The summed E-state index contributed by atoms with van der Waals surface area (Å²) in [4.78, 5) is 1.84. The fourth-order valence-corrected chi connectivity index (χ4v) is 8.22. The smallest absolute Gasteiger partial charge is 0.143 e. The molecule has 11 aromatic rings. The van der Waals surface area contributed by atoms with Gasteiger partial charge in [-0.2, -0.15) is 0 Å². The van der Waals surface area contributed by atoms with Crippen LogP contribution in [0.3, 0.4) is 0 Å². The highest BCUT2D eigenvalue weighted by Crippen LogP contribution is 2.41. The summed E-state index contributed by atoms with van der Waals surface area (Å²) in [5.74, 6) is 0. The van der Waals surface area contributed by atoms with Crippen LogP contribution in [0.1, 0.15) is 5.48 Å². The third-order valence-corrected chi connectivity index (χ3v) is 10.9. The van der Waals surface area contributed by atoms with E-state index >= 15 is 0 Å². The monoisotopic (exact) mass is 732 g/mol. The van der Waals surface area contributed by atoms with E-state index in [2.05, 4.69) is 108 Å². The first-order chi connectivity index (χ1) is 30.0. The van der Waals surface area contributed by atoms with Gasteiger partial charge in [0.05, 0.1) is 22.2 Å². The Morgan fingerprint density at radius 2 is 0.895 bits per heavy atom. The first-order valence-corrected chi connectivity index (χ1v) is 19.1. The maximum atomic E-state index is 9.44. The van der Waals surface area contributed by atoms with Crippen LogP contribution in [-0.2, 0) is 0 Å². The second kappa shape index (κ2) is 13.6. The van der Waals surface area contributed by atoms with Crippen LogP contribution in [0, 0.1) is 0 Å². The van der Waals surface area contributed by atoms with Crippen LogP contribution in [0.2, 0.25) is 0 Å². The summed E-state index contributed by atoms with van der Waals surface area (Å²) in [7, 11) is 0. The normalized spacial score (nSPS) is 12.5. The molecule has 0 bridgehead atoms. The molecule has 0 amide bonds. The van der Waals surface area contributed by atoms with Crippen molar-refractivity contribution in [1.29, 1.82) is 0 Å². The van der Waals surface area contributed by atoms with E-state index in [4.69, 9.17) is 4.42 Å². The van der Waals surface area contributed by atoms with Gasteiger partial charge in [0.2, 0.25) is 0 Å². The number of anilines is 3. The predicted molar refractivity (Wildman–Crippen MR) is 239 cm³/mol. The number of benzene rings is 9. The summed E-state index contributed by atoms with van der Waals surface area (Å²) >= 11 is 0. The van der Waals surface area contributed by atoms with E-state index in [0.717, 1.165) is 60.9 Å². The zero-order valence-corrected chi connectivity index (χ0v) is 30.8. The van der Waals surface area contributed by atoms with E-state index in [0.29, 0.717) is 16.9 Å². The topological polar surface area (TPSA) is 21.3 Å². The molecule has 0 fully saturated rings. The second-order valence-electron chi connectivity index (χ2n) is 14.2. The van der Waals surface area contributed by atoms with Crippen molar-refractivity contribution in [3.05, 3.63) is 218 Å². The SMILES string of the molecule is [2H]c1c([2H])c(N(c2ccc(-c3ccccc3-n3c4ccccc4c4ccccc43)cc2)c2ccc(-c3cccc4c3oc3ccccc34)cc2)c([2H])c([2H])c1-c1ccccc1. The fourth-order valence-electron chi connectivity index (χ4n) is 8.22. The summed E-state index contributed by atoms with van der Waals surface area (Å²) < 4.78 is 46.0. The average Bonchev–Trinajstić information content (AvgIpc) is 3.87. The highest BCUT2D eigenvalue weighted by Gasteiger charge is 2.18. The van der Waals surface area contributed by atoms with Crippen molar-refractivity contribution in [2.75, 3.05) is 4.90 Å². The van der Waals surface area contributed by atoms with Gasteiger partial charge in [-0.05, 0) is 82.9 Å². The minimum absolute atomic E-state index is 0.0999. The molecule has 0 aliphatic carbocycles. The summed E-state index contributed by atoms with van der Waals surface area (Å²) in [5, 5.41) is 4.49. The minimum atomic E-state index is -0.128. The van der Waals surface area contributed by atoms with Crippen LogP contribution in [0.15, 0.2) is 223 Å². The maximum Gasteiger partial charge on any atom is 0.143 e. The quantitative estimate of drug-likeness (QED) is 0.163. The lowest BCUT2D eigenvalue weighted by atomic mass is 10.0. The number of fused-ring (bicyclic) bond motifs is 6. The highest BCUT2D eigenvalue weighted by atomic mass is 16.3. The van der Waals surface area contributed by atoms with Crippen LogP contribution in [0.4, 0.5) is 17.1 Å². The average molecular weight is 733 g/mol. The summed E-state index contributed by atoms with van der Waals surface area (Å²) in [6, 6.07) is 64.5. The number of aromatic nitrogens is 1. The predicted octanol–water partition coefficient (Wildman–Crippen LogP) is 15.2. The molecule has 0 N–H and O–H groups in total. The van der Waals surface area contributed by atoms with E-state index in [9.17, 15) is 5.48 Å². The second-order valence-corrected chi connectivity index (χ2v) is 14.2. The van der Waals surface area contributed by atoms with Gasteiger partial charge in [0.25, 0.3) is 0 Å². The molecular weight excluding hydrogens is 693 g/mol. The van der Waals surface area contributed by atoms with Gasteiger partial charge >= 0.3 is 0 Å². The Kier molecular flexibility index (Phi) is 6.86. The largest absolute Gasteiger partial charge is 0.455 e. The molecule has 0 atom stereocenters. The van der Waals surface area contributed by atoms with Gasteiger partial charge in [-0.3, -0.25) is 0 Å². The van der Waals surface area contributed by atoms with Crippen molar-refractivity contribution in [2.24, 2.45) is 0 Å². The van der Waals surface area contributed by atoms with Gasteiger partial charge in [-0.25, -0.2) is 0 Å². The lowest BCUT2D eigenvalue weighted by molar-refractivity contribution is 0.670. The van der Waals surface area contributed by atoms with Crippen LogP contribution in [-0.4, -0.2) is 4.57 Å². The fraction of sp³-hybridized carbons (Fsp3) is 0. The van der Waals surface area contributed by atoms with E-state index in [1.54, 1.807) is 0 Å². The van der Waals surface area contributed by atoms with E-state index < -0.39 is 0 Å². The number of rotatable bonds is 7. The molecule has 3 heteroatoms. The molecule has 0 unspecified atom stereocenters. The number of hydrogen-bond acceptors (Lipinski definition) is 2. The number of furan rings is 1. The number of hydrogen-bond donors (Lipinski definition) is 0. The lowest BCUT2D eigenvalue weighted by Crippen LogP contribution is -2.09. The Morgan fingerprint density at radius 1 is 0.368 bits per heavy atom. The molecule has 0 spiro atoms. The van der Waals surface area contributed by atoms with Crippen LogP contribution in [0.5, 0.6) is 0 Å². The van der Waals surface area contributed by atoms with Crippen molar-refractivity contribution in [1.82, 2.24) is 4.57 Å². The van der Waals surface area contributed by atoms with Crippen molar-refractivity contribution in [2.45, 2.75) is 0 Å². The molecule has 11 rings (SSSR count). The van der Waals surface area contributed by atoms with Gasteiger partial charge in [0.1, 0.15) is 11.2 Å². The zero-order chi connectivity index (χ0) is 41.2. The van der Waals surface area contributed by atoms with Crippen molar-refractivity contribution >= 4 is 60.8 Å². The molecule has 268 valence electrons. The van der Waals surface area contributed by atoms with Gasteiger partial charge in [0.15, 0.2) is 0 Å². The molecule has 3 nitrogen and oxygen atoms in total. The third kappa shape index (κ3) is 5.60. The van der Waals surface area contributed by atoms with Crippen molar-refractivity contribution in [3.8, 4) is 39.1 Å². The Balaban J connectivity index is 1.06. The van der Waals surface area contributed by atoms with E-state index in [-0.39, 0.29) is 35.4 Å². The van der Waals surface area contributed by atoms with Gasteiger partial charge in [-0.15, -0.1) is 0 Å². The van der Waals surface area contributed by atoms with Crippen LogP contribution < -0.4 is 4.90 Å². The molecule has 9 aromatic carbocycles. The van der Waals surface area contributed by atoms with Gasteiger partial charge < -0.3 is 13.9 Å². The maximum absolute atomic E-state index is 9.44. The number of nitrogens with zero attached hydrogens (tertiary/aromatic N) is 2. The third-order valence-electron chi connectivity index (χ3n) is 10.9. The summed E-state index contributed by atoms with van der Waals surface area (Å²) in [6.07, 6.45) is 0. The first kappa shape index (κ1) is 28.8. The molecular formula is C54H36N2O. The van der Waals surface area contributed by atoms with Crippen LogP contribution >= 0.6 is 0 Å². The molecule has 2 heterocycles. The molecule has 0 saturated carbocycles. The van der Waals surface area contributed by atoms with Gasteiger partial charge in [0, 0.05) is 49.7 Å². The zero-order valence-electron chi connectivity index (χ0n) is 34.8. The number of para-hydroxylation sites is 5. The lowest BCUT2D eigenvalue weighted by Gasteiger charge is -2.26. The highest BCUT2D eigenvalue weighted by molar-refractivity contribution is 6.10. The molecule has 0 aliphatic rings. The molecule has 0 saturated heterocycles. The summed E-state index contributed by atoms with van der Waals surface area (Å²) in [5.41, 5.74) is 11.3. The molecule has 0 aliphatic heterocycles. The Hall–Kier alpha value is -7.62. The molecule has 57 heavy (non-hydrogen) atoms. The molecule has 0 radical (unpaired) electrons. The standard InChI is InChI=1S/C54H36N2O/c1-2-13-37(14-3-1)38-25-31-41(32-26-38)55(43-35-29-40(30-36-43)45-19-12-20-49-48-18-7-11-24-53(48)57-54(45)49)42-33-27-39(28-34-42)44-15-4-8-21-50(44)56-51-22-9-5-16-46(51)47-17-6-10-23-52(47)56/h1-36H/i25D,26D,31D,32D. The molecule has 2 aromatic heterocycles. The Morgan fingerprint density at radius 3 is 1.58 bits per heavy atom. The first-order valence-electron chi connectivity index (χ1n) is 21.1. The Labute approximate surface area is 336 Å². The van der Waals surface area contributed by atoms with Crippen molar-refractivity contribution in [3.63, 3.8) is 0 Å². The Bertz CT molecular complexity index is 3380. The van der Waals surface area contributed by atoms with E-state index in [1.807, 2.05) is 95.9 Å². The minimum Gasteiger partial charge on any atom is -0.455 e.